The average Bonchev–Trinajstić information content (AvgIpc) is 3.17. The third-order valence-corrected chi connectivity index (χ3v) is 4.66. The smallest absolute Gasteiger partial charge is 0.192 e. The molecule has 106 valence electrons. The summed E-state index contributed by atoms with van der Waals surface area (Å²) < 4.78 is 2.11. The van der Waals surface area contributed by atoms with Crippen molar-refractivity contribution in [2.24, 2.45) is 0 Å². The first kappa shape index (κ1) is 14.0. The van der Waals surface area contributed by atoms with E-state index in [2.05, 4.69) is 43.8 Å². The molecular weight excluding hydrogens is 300 g/mol. The van der Waals surface area contributed by atoms with Crippen molar-refractivity contribution in [1.82, 2.24) is 19.7 Å². The molecule has 6 heteroatoms. The lowest BCUT2D eigenvalue weighted by Crippen LogP contribution is -2.03. The average molecular weight is 314 g/mol. The summed E-state index contributed by atoms with van der Waals surface area (Å²) in [5.74, 6) is 1.61. The Kier molecular flexibility index (Phi) is 4.47. The van der Waals surface area contributed by atoms with Gasteiger partial charge in [0.15, 0.2) is 11.0 Å². The maximum atomic E-state index is 4.38. The highest BCUT2D eigenvalue weighted by Gasteiger charge is 2.15. The quantitative estimate of drug-likeness (QED) is 0.514. The molecule has 21 heavy (non-hydrogen) atoms. The molecule has 0 bridgehead atoms. The van der Waals surface area contributed by atoms with E-state index < -0.39 is 0 Å². The number of hydrogen-bond acceptors (Lipinski definition) is 5. The minimum absolute atomic E-state index is 0.760. The van der Waals surface area contributed by atoms with Crippen molar-refractivity contribution in [1.29, 1.82) is 0 Å². The summed E-state index contributed by atoms with van der Waals surface area (Å²) in [5.41, 5.74) is 0.840. The molecule has 0 aliphatic heterocycles. The van der Waals surface area contributed by atoms with Crippen LogP contribution in [0.5, 0.6) is 0 Å². The van der Waals surface area contributed by atoms with Crippen LogP contribution in [0.15, 0.2) is 59.7 Å². The number of nitrogens with zero attached hydrogens (tertiary/aromatic N) is 4. The van der Waals surface area contributed by atoms with Crippen LogP contribution in [0.25, 0.3) is 11.5 Å². The van der Waals surface area contributed by atoms with Gasteiger partial charge in [0.1, 0.15) is 5.69 Å². The predicted molar refractivity (Wildman–Crippen MR) is 87.6 cm³/mol. The van der Waals surface area contributed by atoms with Gasteiger partial charge >= 0.3 is 0 Å². The molecule has 3 aromatic heterocycles. The normalized spacial score (nSPS) is 10.7. The Morgan fingerprint density at radius 2 is 2.19 bits per heavy atom. The van der Waals surface area contributed by atoms with Crippen LogP contribution in [0.2, 0.25) is 0 Å². The highest BCUT2D eigenvalue weighted by atomic mass is 32.2. The fourth-order valence-corrected chi connectivity index (χ4v) is 3.28. The van der Waals surface area contributed by atoms with E-state index in [0.29, 0.717) is 0 Å². The van der Waals surface area contributed by atoms with Crippen LogP contribution in [0.3, 0.4) is 0 Å². The summed E-state index contributed by atoms with van der Waals surface area (Å²) in [6.07, 6.45) is 3.64. The first-order valence-electron chi connectivity index (χ1n) is 6.49. The molecule has 0 aromatic carbocycles. The summed E-state index contributed by atoms with van der Waals surface area (Å²) in [6.45, 7) is 4.52. The van der Waals surface area contributed by atoms with Crippen LogP contribution in [0, 0.1) is 0 Å². The molecule has 4 nitrogen and oxygen atoms in total. The summed E-state index contributed by atoms with van der Waals surface area (Å²) in [6, 6.07) is 9.99. The largest absolute Gasteiger partial charge is 0.295 e. The van der Waals surface area contributed by atoms with Crippen LogP contribution >= 0.6 is 23.1 Å². The Labute approximate surface area is 131 Å². The Morgan fingerprint density at radius 1 is 1.24 bits per heavy atom. The zero-order valence-corrected chi connectivity index (χ0v) is 13.0. The van der Waals surface area contributed by atoms with E-state index in [4.69, 9.17) is 0 Å². The van der Waals surface area contributed by atoms with Gasteiger partial charge < -0.3 is 0 Å². The van der Waals surface area contributed by atoms with E-state index in [0.717, 1.165) is 29.0 Å². The van der Waals surface area contributed by atoms with Crippen LogP contribution in [0.1, 0.15) is 4.88 Å². The molecule has 0 atom stereocenters. The minimum Gasteiger partial charge on any atom is -0.295 e. The van der Waals surface area contributed by atoms with Gasteiger partial charge in [0.25, 0.3) is 0 Å². The van der Waals surface area contributed by atoms with Gasteiger partial charge in [-0.2, -0.15) is 0 Å². The van der Waals surface area contributed by atoms with Crippen LogP contribution < -0.4 is 0 Å². The van der Waals surface area contributed by atoms with Crippen molar-refractivity contribution in [2.45, 2.75) is 11.7 Å². The SMILES string of the molecule is C=CCSc1nnc(-c2ccccn2)n1Cc1cccs1. The molecular formula is C15H14N4S2. The van der Waals surface area contributed by atoms with Crippen LogP contribution in [0.4, 0.5) is 0 Å². The maximum Gasteiger partial charge on any atom is 0.192 e. The summed E-state index contributed by atoms with van der Waals surface area (Å²) in [7, 11) is 0. The van der Waals surface area contributed by atoms with E-state index >= 15 is 0 Å². The number of pyridine rings is 1. The molecule has 0 N–H and O–H groups in total. The van der Waals surface area contributed by atoms with Crippen molar-refractivity contribution < 1.29 is 0 Å². The fraction of sp³-hybridized carbons (Fsp3) is 0.133. The van der Waals surface area contributed by atoms with Gasteiger partial charge in [0, 0.05) is 16.8 Å². The molecule has 0 aliphatic carbocycles. The van der Waals surface area contributed by atoms with Crippen molar-refractivity contribution in [3.05, 3.63) is 59.4 Å². The molecule has 0 saturated heterocycles. The molecule has 0 amide bonds. The maximum absolute atomic E-state index is 4.38. The van der Waals surface area contributed by atoms with Gasteiger partial charge in [-0.1, -0.05) is 30.0 Å². The molecule has 3 heterocycles. The number of rotatable bonds is 6. The molecule has 0 radical (unpaired) electrons. The summed E-state index contributed by atoms with van der Waals surface area (Å²) in [5, 5.41) is 11.6. The Balaban J connectivity index is 1.99. The van der Waals surface area contributed by atoms with E-state index in [9.17, 15) is 0 Å². The zero-order chi connectivity index (χ0) is 14.5. The monoisotopic (exact) mass is 314 g/mol. The number of hydrogen-bond donors (Lipinski definition) is 0. The van der Waals surface area contributed by atoms with Crippen LogP contribution in [-0.4, -0.2) is 25.5 Å². The lowest BCUT2D eigenvalue weighted by atomic mass is 10.3. The standard InChI is InChI=1S/C15H14N4S2/c1-2-9-21-15-18-17-14(13-7-3-4-8-16-13)19(15)11-12-6-5-10-20-12/h2-8,10H,1,9,11H2. The van der Waals surface area contributed by atoms with Crippen molar-refractivity contribution >= 4 is 23.1 Å². The molecule has 0 unspecified atom stereocenters. The van der Waals surface area contributed by atoms with Crippen molar-refractivity contribution in [3.63, 3.8) is 0 Å². The topological polar surface area (TPSA) is 43.6 Å². The minimum atomic E-state index is 0.760. The molecule has 0 fully saturated rings. The van der Waals surface area contributed by atoms with Crippen molar-refractivity contribution in [3.8, 4) is 11.5 Å². The second-order valence-corrected chi connectivity index (χ2v) is 6.31. The van der Waals surface area contributed by atoms with E-state index in [1.54, 1.807) is 29.3 Å². The van der Waals surface area contributed by atoms with Crippen LogP contribution in [-0.2, 0) is 6.54 Å². The van der Waals surface area contributed by atoms with Gasteiger partial charge in [0.2, 0.25) is 0 Å². The van der Waals surface area contributed by atoms with E-state index in [-0.39, 0.29) is 0 Å². The Hall–Kier alpha value is -1.92. The second-order valence-electron chi connectivity index (χ2n) is 4.29. The zero-order valence-electron chi connectivity index (χ0n) is 11.3. The number of thiophene rings is 1. The summed E-state index contributed by atoms with van der Waals surface area (Å²) >= 11 is 3.36. The van der Waals surface area contributed by atoms with Gasteiger partial charge in [-0.05, 0) is 23.6 Å². The Bertz CT molecular complexity index is 705. The van der Waals surface area contributed by atoms with E-state index in [1.165, 1.54) is 4.88 Å². The Morgan fingerprint density at radius 3 is 2.90 bits per heavy atom. The second kappa shape index (κ2) is 6.69. The van der Waals surface area contributed by atoms with Gasteiger partial charge in [-0.3, -0.25) is 9.55 Å². The third-order valence-electron chi connectivity index (χ3n) is 2.84. The third kappa shape index (κ3) is 3.22. The highest BCUT2D eigenvalue weighted by Crippen LogP contribution is 2.25. The molecule has 0 aliphatic rings. The molecule has 3 rings (SSSR count). The first-order valence-corrected chi connectivity index (χ1v) is 8.35. The van der Waals surface area contributed by atoms with Crippen molar-refractivity contribution in [2.75, 3.05) is 5.75 Å². The van der Waals surface area contributed by atoms with E-state index in [1.807, 2.05) is 24.3 Å². The summed E-state index contributed by atoms with van der Waals surface area (Å²) in [4.78, 5) is 5.65. The number of thioether (sulfide) groups is 1. The van der Waals surface area contributed by atoms with Gasteiger partial charge in [-0.25, -0.2) is 0 Å². The molecule has 0 saturated carbocycles. The fourth-order valence-electron chi connectivity index (χ4n) is 1.91. The molecule has 3 aromatic rings. The molecule has 0 spiro atoms. The lowest BCUT2D eigenvalue weighted by molar-refractivity contribution is 0.722. The van der Waals surface area contributed by atoms with Gasteiger partial charge in [0.05, 0.1) is 6.54 Å². The lowest BCUT2D eigenvalue weighted by Gasteiger charge is -2.08. The number of aromatic nitrogens is 4. The highest BCUT2D eigenvalue weighted by molar-refractivity contribution is 7.99. The van der Waals surface area contributed by atoms with Gasteiger partial charge in [-0.15, -0.1) is 28.1 Å². The predicted octanol–water partition coefficient (Wildman–Crippen LogP) is 3.73. The first-order chi connectivity index (χ1) is 10.4.